The number of allylic oxidation sites excluding steroid dienone is 1. The highest BCUT2D eigenvalue weighted by atomic mass is 19.3. The van der Waals surface area contributed by atoms with Crippen molar-refractivity contribution in [2.45, 2.75) is 13.0 Å². The van der Waals surface area contributed by atoms with E-state index < -0.39 is 30.0 Å². The first-order chi connectivity index (χ1) is 14.3. The fraction of sp³-hybridized carbons (Fsp3) is 0.190. The molecule has 156 valence electrons. The van der Waals surface area contributed by atoms with Crippen LogP contribution in [-0.2, 0) is 4.79 Å². The Balaban J connectivity index is 1.93. The Morgan fingerprint density at radius 2 is 1.77 bits per heavy atom. The van der Waals surface area contributed by atoms with Crippen LogP contribution in [-0.4, -0.2) is 31.2 Å². The summed E-state index contributed by atoms with van der Waals surface area (Å²) in [5, 5.41) is 2.88. The average Bonchev–Trinajstić information content (AvgIpc) is 2.87. The van der Waals surface area contributed by atoms with E-state index in [1.807, 2.05) is 0 Å². The van der Waals surface area contributed by atoms with E-state index in [4.69, 9.17) is 10.5 Å². The van der Waals surface area contributed by atoms with Crippen molar-refractivity contribution in [2.75, 3.05) is 12.4 Å². The highest BCUT2D eigenvalue weighted by Crippen LogP contribution is 2.31. The number of alkyl halides is 2. The van der Waals surface area contributed by atoms with Crippen molar-refractivity contribution >= 4 is 23.2 Å². The van der Waals surface area contributed by atoms with E-state index in [0.29, 0.717) is 5.75 Å². The van der Waals surface area contributed by atoms with Crippen molar-refractivity contribution < 1.29 is 32.6 Å². The molecule has 1 aliphatic heterocycles. The van der Waals surface area contributed by atoms with Gasteiger partial charge < -0.3 is 20.5 Å². The number of anilines is 1. The lowest BCUT2D eigenvalue weighted by Crippen LogP contribution is -2.34. The maximum atomic E-state index is 13.0. The van der Waals surface area contributed by atoms with E-state index in [9.17, 15) is 23.2 Å². The molecule has 0 fully saturated rings. The molecule has 0 saturated heterocycles. The Hall–Kier alpha value is -3.75. The third kappa shape index (κ3) is 4.45. The second-order valence-corrected chi connectivity index (χ2v) is 6.43. The second-order valence-electron chi connectivity index (χ2n) is 6.43. The van der Waals surface area contributed by atoms with Gasteiger partial charge in [0.2, 0.25) is 5.91 Å². The number of nitrogens with two attached hydrogens (primary N) is 1. The zero-order chi connectivity index (χ0) is 21.8. The molecule has 1 amide bonds. The van der Waals surface area contributed by atoms with Gasteiger partial charge in [-0.05, 0) is 42.5 Å². The number of amides is 1. The SMILES string of the molecule is COc1ccc(C(=O)C(C(N)=O)C2=CCC(=O)c3cc(OC(F)F)ccc3N2)cc1. The van der Waals surface area contributed by atoms with Gasteiger partial charge in [0.05, 0.1) is 7.11 Å². The number of methoxy groups -OCH3 is 1. The Kier molecular flexibility index (Phi) is 6.10. The van der Waals surface area contributed by atoms with Crippen LogP contribution in [0.2, 0.25) is 0 Å². The number of carbonyl (C=O) groups is 3. The van der Waals surface area contributed by atoms with Crippen LogP contribution in [0.15, 0.2) is 54.2 Å². The van der Waals surface area contributed by atoms with Gasteiger partial charge in [-0.2, -0.15) is 8.78 Å². The molecule has 1 unspecified atom stereocenters. The van der Waals surface area contributed by atoms with Crippen molar-refractivity contribution in [3.05, 3.63) is 65.4 Å². The van der Waals surface area contributed by atoms with Gasteiger partial charge in [-0.15, -0.1) is 0 Å². The molecule has 1 atom stereocenters. The highest BCUT2D eigenvalue weighted by molar-refractivity contribution is 6.13. The van der Waals surface area contributed by atoms with Gasteiger partial charge in [-0.25, -0.2) is 0 Å². The zero-order valence-electron chi connectivity index (χ0n) is 15.9. The Bertz CT molecular complexity index is 1020. The predicted molar refractivity (Wildman–Crippen MR) is 104 cm³/mol. The molecule has 0 radical (unpaired) electrons. The first kappa shape index (κ1) is 21.0. The Labute approximate surface area is 170 Å². The van der Waals surface area contributed by atoms with E-state index in [0.717, 1.165) is 0 Å². The number of benzene rings is 2. The molecule has 7 nitrogen and oxygen atoms in total. The standard InChI is InChI=1S/C21H18F2N2O5/c1-29-12-4-2-11(3-5-12)19(27)18(20(24)28)16-8-9-17(26)14-10-13(30-21(22)23)6-7-15(14)25-16/h2-8,10,18,21,25H,9H2,1H3,(H2,24,28). The maximum Gasteiger partial charge on any atom is 0.387 e. The molecule has 2 aromatic carbocycles. The summed E-state index contributed by atoms with van der Waals surface area (Å²) in [4.78, 5) is 37.5. The first-order valence-corrected chi connectivity index (χ1v) is 8.87. The van der Waals surface area contributed by atoms with Gasteiger partial charge in [0, 0.05) is 28.9 Å². The number of ether oxygens (including phenoxy) is 2. The molecule has 30 heavy (non-hydrogen) atoms. The largest absolute Gasteiger partial charge is 0.497 e. The first-order valence-electron chi connectivity index (χ1n) is 8.87. The van der Waals surface area contributed by atoms with Crippen LogP contribution in [0.25, 0.3) is 0 Å². The molecule has 0 aromatic heterocycles. The number of hydrogen-bond donors (Lipinski definition) is 2. The number of halogens is 2. The van der Waals surface area contributed by atoms with Crippen molar-refractivity contribution in [2.24, 2.45) is 11.7 Å². The minimum atomic E-state index is -3.04. The molecule has 1 heterocycles. The van der Waals surface area contributed by atoms with Crippen LogP contribution in [0.5, 0.6) is 11.5 Å². The predicted octanol–water partition coefficient (Wildman–Crippen LogP) is 3.16. The average molecular weight is 416 g/mol. The number of ketones is 2. The third-order valence-corrected chi connectivity index (χ3v) is 4.54. The van der Waals surface area contributed by atoms with Gasteiger partial charge in [-0.3, -0.25) is 14.4 Å². The van der Waals surface area contributed by atoms with Crippen molar-refractivity contribution in [3.63, 3.8) is 0 Å². The van der Waals surface area contributed by atoms with E-state index in [1.165, 1.54) is 43.5 Å². The molecule has 0 bridgehead atoms. The second kappa shape index (κ2) is 8.73. The van der Waals surface area contributed by atoms with E-state index in [2.05, 4.69) is 10.1 Å². The topological polar surface area (TPSA) is 108 Å². The molecule has 1 aliphatic rings. The van der Waals surface area contributed by atoms with Crippen molar-refractivity contribution in [3.8, 4) is 11.5 Å². The van der Waals surface area contributed by atoms with Crippen LogP contribution >= 0.6 is 0 Å². The van der Waals surface area contributed by atoms with Gasteiger partial charge in [0.1, 0.15) is 17.4 Å². The van der Waals surface area contributed by atoms with Gasteiger partial charge in [0.25, 0.3) is 0 Å². The third-order valence-electron chi connectivity index (χ3n) is 4.54. The molecule has 0 spiro atoms. The highest BCUT2D eigenvalue weighted by Gasteiger charge is 2.32. The summed E-state index contributed by atoms with van der Waals surface area (Å²) in [6, 6.07) is 9.94. The summed E-state index contributed by atoms with van der Waals surface area (Å²) >= 11 is 0. The molecule has 0 aliphatic carbocycles. The van der Waals surface area contributed by atoms with Gasteiger partial charge in [-0.1, -0.05) is 6.08 Å². The molecule has 0 saturated carbocycles. The minimum Gasteiger partial charge on any atom is -0.497 e. The zero-order valence-corrected chi connectivity index (χ0v) is 15.9. The number of carbonyl (C=O) groups excluding carboxylic acids is 3. The maximum absolute atomic E-state index is 13.0. The van der Waals surface area contributed by atoms with Crippen LogP contribution < -0.4 is 20.5 Å². The van der Waals surface area contributed by atoms with Crippen LogP contribution in [0.1, 0.15) is 27.1 Å². The van der Waals surface area contributed by atoms with Crippen molar-refractivity contribution in [1.82, 2.24) is 0 Å². The molecule has 3 N–H and O–H groups in total. The van der Waals surface area contributed by atoms with Gasteiger partial charge in [0.15, 0.2) is 11.6 Å². The van der Waals surface area contributed by atoms with E-state index in [1.54, 1.807) is 12.1 Å². The van der Waals surface area contributed by atoms with Gasteiger partial charge >= 0.3 is 6.61 Å². The Morgan fingerprint density at radius 1 is 1.10 bits per heavy atom. The lowest BCUT2D eigenvalue weighted by atomic mass is 9.93. The quantitative estimate of drug-likeness (QED) is 0.530. The molecule has 2 aromatic rings. The lowest BCUT2D eigenvalue weighted by molar-refractivity contribution is -0.119. The van der Waals surface area contributed by atoms with Crippen molar-refractivity contribution in [1.29, 1.82) is 0 Å². The molecule has 3 rings (SSSR count). The fourth-order valence-electron chi connectivity index (χ4n) is 3.09. The number of rotatable bonds is 7. The summed E-state index contributed by atoms with van der Waals surface area (Å²) < 4.78 is 34.3. The summed E-state index contributed by atoms with van der Waals surface area (Å²) in [7, 11) is 1.48. The van der Waals surface area contributed by atoms with Crippen LogP contribution in [0.4, 0.5) is 14.5 Å². The monoisotopic (exact) mass is 416 g/mol. The molecular formula is C21H18F2N2O5. The normalized spacial score (nSPS) is 14.1. The number of nitrogens with one attached hydrogen (secondary N) is 1. The summed E-state index contributed by atoms with van der Waals surface area (Å²) in [5.74, 6) is -2.86. The number of fused-ring (bicyclic) bond motifs is 1. The fourth-order valence-corrected chi connectivity index (χ4v) is 3.09. The molecule has 9 heteroatoms. The van der Waals surface area contributed by atoms with Crippen LogP contribution in [0.3, 0.4) is 0 Å². The van der Waals surface area contributed by atoms with Crippen LogP contribution in [0, 0.1) is 5.92 Å². The number of hydrogen-bond acceptors (Lipinski definition) is 6. The number of primary amides is 1. The Morgan fingerprint density at radius 3 is 2.37 bits per heavy atom. The number of Topliss-reactive ketones (excluding diaryl/α,β-unsaturated/α-hetero) is 2. The van der Waals surface area contributed by atoms with E-state index >= 15 is 0 Å². The lowest BCUT2D eigenvalue weighted by Gasteiger charge is -2.19. The van der Waals surface area contributed by atoms with E-state index in [-0.39, 0.29) is 34.7 Å². The minimum absolute atomic E-state index is 0.0968. The summed E-state index contributed by atoms with van der Waals surface area (Å²) in [6.45, 7) is -3.04. The molecular weight excluding hydrogens is 398 g/mol. The smallest absolute Gasteiger partial charge is 0.387 e. The summed E-state index contributed by atoms with van der Waals surface area (Å²) in [6.07, 6.45) is 1.24. The summed E-state index contributed by atoms with van der Waals surface area (Å²) in [5.41, 5.74) is 6.21.